The first-order valence-electron chi connectivity index (χ1n) is 8.09. The summed E-state index contributed by atoms with van der Waals surface area (Å²) >= 11 is 3.59. The third-order valence-corrected chi connectivity index (χ3v) is 3.58. The molecule has 1 rings (SSSR count). The van der Waals surface area contributed by atoms with Crippen molar-refractivity contribution < 1.29 is 14.2 Å². The van der Waals surface area contributed by atoms with Gasteiger partial charge in [0.1, 0.15) is 0 Å². The summed E-state index contributed by atoms with van der Waals surface area (Å²) in [5.41, 5.74) is 1.18. The summed E-state index contributed by atoms with van der Waals surface area (Å²) in [7, 11) is 0. The predicted molar refractivity (Wildman–Crippen MR) is 93.9 cm³/mol. The van der Waals surface area contributed by atoms with Gasteiger partial charge >= 0.3 is 0 Å². The highest BCUT2D eigenvalue weighted by Crippen LogP contribution is 2.37. The van der Waals surface area contributed by atoms with Gasteiger partial charge in [-0.25, -0.2) is 0 Å². The predicted octanol–water partition coefficient (Wildman–Crippen LogP) is 4.15. The van der Waals surface area contributed by atoms with Crippen molar-refractivity contribution in [1.29, 1.82) is 0 Å². The maximum atomic E-state index is 5.79. The first-order valence-corrected chi connectivity index (χ1v) is 8.88. The van der Waals surface area contributed by atoms with Crippen molar-refractivity contribution in [2.75, 3.05) is 33.0 Å². The van der Waals surface area contributed by atoms with Gasteiger partial charge in [-0.2, -0.15) is 0 Å². The number of ether oxygens (including phenoxy) is 3. The minimum atomic E-state index is 0.625. The molecule has 0 heterocycles. The molecule has 0 atom stereocenters. The van der Waals surface area contributed by atoms with Crippen molar-refractivity contribution in [2.24, 2.45) is 0 Å². The molecule has 126 valence electrons. The summed E-state index contributed by atoms with van der Waals surface area (Å²) in [6.45, 7) is 10.7. The van der Waals surface area contributed by atoms with Crippen LogP contribution in [-0.2, 0) is 11.3 Å². The van der Waals surface area contributed by atoms with Gasteiger partial charge in [0.25, 0.3) is 0 Å². The normalized spacial score (nSPS) is 10.7. The van der Waals surface area contributed by atoms with E-state index in [-0.39, 0.29) is 0 Å². The second kappa shape index (κ2) is 11.7. The van der Waals surface area contributed by atoms with Crippen LogP contribution in [0, 0.1) is 0 Å². The molecule has 22 heavy (non-hydrogen) atoms. The molecular formula is C17H28BrNO3. The van der Waals surface area contributed by atoms with Gasteiger partial charge < -0.3 is 19.5 Å². The summed E-state index contributed by atoms with van der Waals surface area (Å²) in [5, 5.41) is 3.42. The van der Waals surface area contributed by atoms with Gasteiger partial charge in [0.05, 0.1) is 17.7 Å². The smallest absolute Gasteiger partial charge is 0.175 e. The van der Waals surface area contributed by atoms with E-state index in [1.54, 1.807) is 0 Å². The molecule has 1 aromatic rings. The summed E-state index contributed by atoms with van der Waals surface area (Å²) in [6.07, 6.45) is 1.99. The van der Waals surface area contributed by atoms with Crippen LogP contribution in [0.1, 0.15) is 39.2 Å². The van der Waals surface area contributed by atoms with E-state index in [4.69, 9.17) is 14.2 Å². The van der Waals surface area contributed by atoms with Crippen LogP contribution in [0.2, 0.25) is 0 Å². The number of halogens is 1. The molecule has 1 aromatic carbocycles. The number of hydrogen-bond donors (Lipinski definition) is 1. The zero-order valence-corrected chi connectivity index (χ0v) is 15.5. The van der Waals surface area contributed by atoms with Crippen LogP contribution in [0.5, 0.6) is 11.5 Å². The van der Waals surface area contributed by atoms with Gasteiger partial charge in [-0.15, -0.1) is 0 Å². The molecule has 0 saturated heterocycles. The Morgan fingerprint density at radius 2 is 1.86 bits per heavy atom. The molecule has 5 heteroatoms. The molecule has 0 aliphatic heterocycles. The molecule has 0 aromatic heterocycles. The molecule has 0 aliphatic carbocycles. The van der Waals surface area contributed by atoms with Crippen LogP contribution in [-0.4, -0.2) is 33.0 Å². The van der Waals surface area contributed by atoms with Crippen LogP contribution in [0.3, 0.4) is 0 Å². The van der Waals surface area contributed by atoms with E-state index < -0.39 is 0 Å². The van der Waals surface area contributed by atoms with Crippen molar-refractivity contribution in [2.45, 2.75) is 40.2 Å². The van der Waals surface area contributed by atoms with Gasteiger partial charge in [-0.3, -0.25) is 0 Å². The number of nitrogens with one attached hydrogen (secondary N) is 1. The Balaban J connectivity index is 2.60. The topological polar surface area (TPSA) is 39.7 Å². The lowest BCUT2D eigenvalue weighted by Gasteiger charge is -2.15. The molecule has 0 fully saturated rings. The fourth-order valence-electron chi connectivity index (χ4n) is 2.01. The quantitative estimate of drug-likeness (QED) is 0.558. The first kappa shape index (κ1) is 19.3. The minimum Gasteiger partial charge on any atom is -0.490 e. The lowest BCUT2D eigenvalue weighted by atomic mass is 10.2. The monoisotopic (exact) mass is 373 g/mol. The Morgan fingerprint density at radius 1 is 1.05 bits per heavy atom. The van der Waals surface area contributed by atoms with Crippen molar-refractivity contribution in [1.82, 2.24) is 5.32 Å². The highest BCUT2D eigenvalue weighted by atomic mass is 79.9. The van der Waals surface area contributed by atoms with E-state index in [0.29, 0.717) is 13.2 Å². The van der Waals surface area contributed by atoms with Crippen LogP contribution >= 0.6 is 15.9 Å². The van der Waals surface area contributed by atoms with Crippen LogP contribution in [0.4, 0.5) is 0 Å². The van der Waals surface area contributed by atoms with E-state index in [1.165, 1.54) is 5.56 Å². The van der Waals surface area contributed by atoms with E-state index >= 15 is 0 Å². The van der Waals surface area contributed by atoms with Crippen LogP contribution in [0.25, 0.3) is 0 Å². The third-order valence-electron chi connectivity index (χ3n) is 3.00. The second-order valence-electron chi connectivity index (χ2n) is 4.91. The van der Waals surface area contributed by atoms with Gasteiger partial charge in [0.2, 0.25) is 0 Å². The Labute approximate surface area is 142 Å². The lowest BCUT2D eigenvalue weighted by Crippen LogP contribution is -2.16. The fourth-order valence-corrected chi connectivity index (χ4v) is 2.61. The van der Waals surface area contributed by atoms with Crippen molar-refractivity contribution in [3.05, 3.63) is 22.2 Å². The first-order chi connectivity index (χ1) is 10.7. The number of benzene rings is 1. The average molecular weight is 374 g/mol. The highest BCUT2D eigenvalue weighted by Gasteiger charge is 2.12. The SMILES string of the molecule is CCCOc1c(Br)cc(CNCCCOCC)cc1OCC. The lowest BCUT2D eigenvalue weighted by molar-refractivity contribution is 0.144. The molecule has 4 nitrogen and oxygen atoms in total. The van der Waals surface area contributed by atoms with Gasteiger partial charge in [0.15, 0.2) is 11.5 Å². The van der Waals surface area contributed by atoms with Crippen LogP contribution < -0.4 is 14.8 Å². The molecule has 0 spiro atoms. The summed E-state index contributed by atoms with van der Waals surface area (Å²) in [6, 6.07) is 4.14. The molecule has 0 unspecified atom stereocenters. The standard InChI is InChI=1S/C17H28BrNO3/c1-4-9-22-17-15(18)11-14(12-16(17)21-6-3)13-19-8-7-10-20-5-2/h11-12,19H,4-10,13H2,1-3H3. The molecule has 0 amide bonds. The largest absolute Gasteiger partial charge is 0.490 e. The highest BCUT2D eigenvalue weighted by molar-refractivity contribution is 9.10. The molecule has 0 radical (unpaired) electrons. The van der Waals surface area contributed by atoms with E-state index in [0.717, 1.165) is 55.1 Å². The van der Waals surface area contributed by atoms with E-state index in [2.05, 4.69) is 40.3 Å². The molecule has 0 saturated carbocycles. The minimum absolute atomic E-state index is 0.625. The number of rotatable bonds is 12. The third kappa shape index (κ3) is 6.99. The molecule has 0 aliphatic rings. The van der Waals surface area contributed by atoms with Crippen molar-refractivity contribution in [3.63, 3.8) is 0 Å². The molecule has 0 bridgehead atoms. The van der Waals surface area contributed by atoms with Crippen molar-refractivity contribution >= 4 is 15.9 Å². The zero-order valence-electron chi connectivity index (χ0n) is 13.9. The Morgan fingerprint density at radius 3 is 2.55 bits per heavy atom. The zero-order chi connectivity index (χ0) is 16.2. The van der Waals surface area contributed by atoms with E-state index in [9.17, 15) is 0 Å². The van der Waals surface area contributed by atoms with Crippen LogP contribution in [0.15, 0.2) is 16.6 Å². The Hall–Kier alpha value is -0.780. The average Bonchev–Trinajstić information content (AvgIpc) is 2.50. The molecule has 1 N–H and O–H groups in total. The van der Waals surface area contributed by atoms with Gasteiger partial charge in [0, 0.05) is 19.8 Å². The second-order valence-corrected chi connectivity index (χ2v) is 5.77. The summed E-state index contributed by atoms with van der Waals surface area (Å²) in [5.74, 6) is 1.60. The van der Waals surface area contributed by atoms with Crippen molar-refractivity contribution in [3.8, 4) is 11.5 Å². The Bertz CT molecular complexity index is 427. The Kier molecular flexibility index (Phi) is 10.3. The number of hydrogen-bond acceptors (Lipinski definition) is 4. The maximum Gasteiger partial charge on any atom is 0.175 e. The summed E-state index contributed by atoms with van der Waals surface area (Å²) < 4.78 is 17.8. The van der Waals surface area contributed by atoms with Gasteiger partial charge in [-0.05, 0) is 66.9 Å². The molecular weight excluding hydrogens is 346 g/mol. The summed E-state index contributed by atoms with van der Waals surface area (Å²) in [4.78, 5) is 0. The van der Waals surface area contributed by atoms with Gasteiger partial charge in [-0.1, -0.05) is 6.92 Å². The maximum absolute atomic E-state index is 5.79. The van der Waals surface area contributed by atoms with E-state index in [1.807, 2.05) is 13.8 Å². The fraction of sp³-hybridized carbons (Fsp3) is 0.647.